The van der Waals surface area contributed by atoms with Crippen LogP contribution in [0, 0.1) is 0 Å². The van der Waals surface area contributed by atoms with Gasteiger partial charge in [0.1, 0.15) is 0 Å². The number of benzene rings is 1. The molecular formula is C18H23N3O2S. The molecule has 0 spiro atoms. The van der Waals surface area contributed by atoms with Gasteiger partial charge in [-0.3, -0.25) is 9.59 Å². The Morgan fingerprint density at radius 2 is 1.88 bits per heavy atom. The summed E-state index contributed by atoms with van der Waals surface area (Å²) >= 11 is 1.86. The van der Waals surface area contributed by atoms with Gasteiger partial charge in [-0.2, -0.15) is 16.9 Å². The zero-order valence-corrected chi connectivity index (χ0v) is 14.8. The highest BCUT2D eigenvalue weighted by Crippen LogP contribution is 2.18. The SMILES string of the molecule is CCCCCn1nc(C(=O)N2CCSCC2)c2ccccc2c1=O. The summed E-state index contributed by atoms with van der Waals surface area (Å²) < 4.78 is 1.48. The first-order valence-corrected chi connectivity index (χ1v) is 9.74. The molecular weight excluding hydrogens is 322 g/mol. The van der Waals surface area contributed by atoms with E-state index in [-0.39, 0.29) is 11.5 Å². The Labute approximate surface area is 146 Å². The summed E-state index contributed by atoms with van der Waals surface area (Å²) in [5.74, 6) is 1.86. The van der Waals surface area contributed by atoms with E-state index in [4.69, 9.17) is 0 Å². The van der Waals surface area contributed by atoms with Crippen molar-refractivity contribution < 1.29 is 4.79 Å². The molecule has 1 fully saturated rings. The number of amides is 1. The average Bonchev–Trinajstić information content (AvgIpc) is 2.64. The second-order valence-electron chi connectivity index (χ2n) is 6.03. The number of fused-ring (bicyclic) bond motifs is 1. The second kappa shape index (κ2) is 7.83. The summed E-state index contributed by atoms with van der Waals surface area (Å²) in [7, 11) is 0. The van der Waals surface area contributed by atoms with Crippen LogP contribution in [0.4, 0.5) is 0 Å². The molecule has 3 rings (SSSR count). The molecule has 0 N–H and O–H groups in total. The maximum atomic E-state index is 12.9. The topological polar surface area (TPSA) is 55.2 Å². The van der Waals surface area contributed by atoms with E-state index < -0.39 is 0 Å². The molecule has 5 nitrogen and oxygen atoms in total. The van der Waals surface area contributed by atoms with E-state index in [0.717, 1.165) is 43.9 Å². The fourth-order valence-corrected chi connectivity index (χ4v) is 3.88. The van der Waals surface area contributed by atoms with Crippen molar-refractivity contribution in [2.75, 3.05) is 24.6 Å². The van der Waals surface area contributed by atoms with Gasteiger partial charge in [0.15, 0.2) is 5.69 Å². The molecule has 2 aromatic rings. The third kappa shape index (κ3) is 3.48. The molecule has 0 aliphatic carbocycles. The lowest BCUT2D eigenvalue weighted by atomic mass is 10.1. The average molecular weight is 345 g/mol. The largest absolute Gasteiger partial charge is 0.336 e. The molecule has 6 heteroatoms. The minimum absolute atomic E-state index is 0.0595. The van der Waals surface area contributed by atoms with Gasteiger partial charge in [-0.15, -0.1) is 0 Å². The molecule has 1 amide bonds. The van der Waals surface area contributed by atoms with Crippen LogP contribution >= 0.6 is 11.8 Å². The third-order valence-corrected chi connectivity index (χ3v) is 5.28. The lowest BCUT2D eigenvalue weighted by molar-refractivity contribution is 0.0766. The van der Waals surface area contributed by atoms with Crippen molar-refractivity contribution in [1.82, 2.24) is 14.7 Å². The fourth-order valence-electron chi connectivity index (χ4n) is 2.97. The molecule has 0 saturated carbocycles. The van der Waals surface area contributed by atoms with Gasteiger partial charge in [-0.1, -0.05) is 38.0 Å². The van der Waals surface area contributed by atoms with Crippen LogP contribution in [0.3, 0.4) is 0 Å². The Balaban J connectivity index is 2.03. The van der Waals surface area contributed by atoms with Gasteiger partial charge in [-0.05, 0) is 12.5 Å². The standard InChI is InChI=1S/C18H23N3O2S/c1-2-3-6-9-21-17(22)15-8-5-4-7-14(15)16(19-21)18(23)20-10-12-24-13-11-20/h4-5,7-8H,2-3,6,9-13H2,1H3. The van der Waals surface area contributed by atoms with Gasteiger partial charge >= 0.3 is 0 Å². The van der Waals surface area contributed by atoms with Crippen molar-refractivity contribution in [1.29, 1.82) is 0 Å². The molecule has 24 heavy (non-hydrogen) atoms. The molecule has 0 unspecified atom stereocenters. The number of hydrogen-bond donors (Lipinski definition) is 0. The molecule has 1 aliphatic rings. The summed E-state index contributed by atoms with van der Waals surface area (Å²) in [6.07, 6.45) is 3.03. The van der Waals surface area contributed by atoms with Crippen molar-refractivity contribution in [3.05, 3.63) is 40.3 Å². The molecule has 1 aromatic carbocycles. The monoisotopic (exact) mass is 345 g/mol. The van der Waals surface area contributed by atoms with Gasteiger partial charge in [0.25, 0.3) is 11.5 Å². The van der Waals surface area contributed by atoms with E-state index in [0.29, 0.717) is 23.0 Å². The van der Waals surface area contributed by atoms with Crippen molar-refractivity contribution >= 4 is 28.4 Å². The van der Waals surface area contributed by atoms with Gasteiger partial charge in [0.2, 0.25) is 0 Å². The van der Waals surface area contributed by atoms with Crippen molar-refractivity contribution in [2.24, 2.45) is 0 Å². The predicted octanol–water partition coefficient (Wildman–Crippen LogP) is 2.78. The van der Waals surface area contributed by atoms with Gasteiger partial charge < -0.3 is 4.90 Å². The van der Waals surface area contributed by atoms with E-state index in [1.807, 2.05) is 34.9 Å². The summed E-state index contributed by atoms with van der Waals surface area (Å²) in [4.78, 5) is 27.4. The van der Waals surface area contributed by atoms with E-state index in [9.17, 15) is 9.59 Å². The van der Waals surface area contributed by atoms with Crippen LogP contribution in [0.2, 0.25) is 0 Å². The van der Waals surface area contributed by atoms with Crippen molar-refractivity contribution in [2.45, 2.75) is 32.7 Å². The Hall–Kier alpha value is -1.82. The molecule has 0 atom stereocenters. The minimum atomic E-state index is -0.104. The number of aromatic nitrogens is 2. The van der Waals surface area contributed by atoms with E-state index in [1.54, 1.807) is 6.07 Å². The number of unbranched alkanes of at least 4 members (excludes halogenated alkanes) is 2. The van der Waals surface area contributed by atoms with Crippen LogP contribution in [0.15, 0.2) is 29.1 Å². The number of thioether (sulfide) groups is 1. The minimum Gasteiger partial charge on any atom is -0.336 e. The van der Waals surface area contributed by atoms with E-state index in [2.05, 4.69) is 12.0 Å². The molecule has 1 aliphatic heterocycles. The molecule has 1 saturated heterocycles. The maximum Gasteiger partial charge on any atom is 0.275 e. The van der Waals surface area contributed by atoms with Crippen LogP contribution in [-0.4, -0.2) is 45.2 Å². The first kappa shape index (κ1) is 17.0. The molecule has 0 radical (unpaired) electrons. The van der Waals surface area contributed by atoms with E-state index in [1.165, 1.54) is 4.68 Å². The number of hydrogen-bond acceptors (Lipinski definition) is 4. The number of carbonyl (C=O) groups is 1. The summed E-state index contributed by atoms with van der Waals surface area (Å²) in [5.41, 5.74) is 0.307. The van der Waals surface area contributed by atoms with Gasteiger partial charge in [-0.25, -0.2) is 4.68 Å². The molecule has 128 valence electrons. The Morgan fingerprint density at radius 1 is 1.17 bits per heavy atom. The lowest BCUT2D eigenvalue weighted by Gasteiger charge is -2.26. The highest BCUT2D eigenvalue weighted by molar-refractivity contribution is 7.99. The third-order valence-electron chi connectivity index (χ3n) is 4.34. The van der Waals surface area contributed by atoms with Gasteiger partial charge in [0.05, 0.1) is 5.39 Å². The second-order valence-corrected chi connectivity index (χ2v) is 7.26. The smallest absolute Gasteiger partial charge is 0.275 e. The van der Waals surface area contributed by atoms with Crippen LogP contribution in [0.25, 0.3) is 10.8 Å². The Kier molecular flexibility index (Phi) is 5.56. The quantitative estimate of drug-likeness (QED) is 0.782. The summed E-state index contributed by atoms with van der Waals surface area (Å²) in [6, 6.07) is 7.31. The van der Waals surface area contributed by atoms with Crippen LogP contribution in [0.5, 0.6) is 0 Å². The highest BCUT2D eigenvalue weighted by atomic mass is 32.2. The number of carbonyl (C=O) groups excluding carboxylic acids is 1. The maximum absolute atomic E-state index is 12.9. The zero-order chi connectivity index (χ0) is 16.9. The Morgan fingerprint density at radius 3 is 2.58 bits per heavy atom. The Bertz CT molecular complexity index is 781. The number of rotatable bonds is 5. The van der Waals surface area contributed by atoms with E-state index >= 15 is 0 Å². The summed E-state index contributed by atoms with van der Waals surface area (Å²) in [6.45, 7) is 4.18. The normalized spacial score (nSPS) is 15.0. The summed E-state index contributed by atoms with van der Waals surface area (Å²) in [5, 5.41) is 5.70. The molecule has 1 aromatic heterocycles. The van der Waals surface area contributed by atoms with Crippen molar-refractivity contribution in [3.63, 3.8) is 0 Å². The fraction of sp³-hybridized carbons (Fsp3) is 0.500. The lowest BCUT2D eigenvalue weighted by Crippen LogP contribution is -2.39. The molecule has 0 bridgehead atoms. The van der Waals surface area contributed by atoms with Crippen molar-refractivity contribution in [3.8, 4) is 0 Å². The zero-order valence-electron chi connectivity index (χ0n) is 14.0. The first-order valence-electron chi connectivity index (χ1n) is 8.59. The predicted molar refractivity (Wildman–Crippen MR) is 98.8 cm³/mol. The van der Waals surface area contributed by atoms with Crippen LogP contribution in [-0.2, 0) is 6.54 Å². The van der Waals surface area contributed by atoms with Crippen LogP contribution < -0.4 is 5.56 Å². The number of nitrogens with zero attached hydrogens (tertiary/aromatic N) is 3. The number of aryl methyl sites for hydroxylation is 1. The highest BCUT2D eigenvalue weighted by Gasteiger charge is 2.23. The van der Waals surface area contributed by atoms with Gasteiger partial charge in [0, 0.05) is 36.5 Å². The first-order chi connectivity index (χ1) is 11.7. The van der Waals surface area contributed by atoms with Crippen LogP contribution in [0.1, 0.15) is 36.7 Å². The molecule has 2 heterocycles.